The van der Waals surface area contributed by atoms with Crippen molar-refractivity contribution in [3.8, 4) is 0 Å². The Labute approximate surface area is 100 Å². The van der Waals surface area contributed by atoms with Gasteiger partial charge in [0, 0.05) is 6.92 Å². The Morgan fingerprint density at radius 2 is 2.12 bits per heavy atom. The Morgan fingerprint density at radius 3 is 2.59 bits per heavy atom. The fourth-order valence-electron chi connectivity index (χ4n) is 2.41. The van der Waals surface area contributed by atoms with Gasteiger partial charge in [0.25, 0.3) is 5.91 Å². The molecule has 2 N–H and O–H groups in total. The van der Waals surface area contributed by atoms with Crippen LogP contribution in [0.4, 0.5) is 0 Å². The van der Waals surface area contributed by atoms with Crippen LogP contribution in [0.5, 0.6) is 0 Å². The first-order chi connectivity index (χ1) is 8.06. The SMILES string of the molecule is Cc1nc(C)c(C(=O)NC2(CO)CCCC2)o1. The molecule has 1 aromatic heterocycles. The molecular weight excluding hydrogens is 220 g/mol. The number of aliphatic hydroxyl groups excluding tert-OH is 1. The number of amides is 1. The van der Waals surface area contributed by atoms with Crippen molar-refractivity contribution in [1.82, 2.24) is 10.3 Å². The molecule has 0 atom stereocenters. The molecule has 0 unspecified atom stereocenters. The van der Waals surface area contributed by atoms with Crippen LogP contribution in [-0.2, 0) is 0 Å². The smallest absolute Gasteiger partial charge is 0.289 e. The number of aliphatic hydroxyl groups is 1. The summed E-state index contributed by atoms with van der Waals surface area (Å²) >= 11 is 0. The molecule has 1 heterocycles. The highest BCUT2D eigenvalue weighted by atomic mass is 16.4. The summed E-state index contributed by atoms with van der Waals surface area (Å²) in [4.78, 5) is 16.1. The van der Waals surface area contributed by atoms with E-state index in [0.717, 1.165) is 25.7 Å². The summed E-state index contributed by atoms with van der Waals surface area (Å²) < 4.78 is 5.27. The first-order valence-corrected chi connectivity index (χ1v) is 5.94. The molecule has 0 aromatic carbocycles. The number of aryl methyl sites for hydroxylation is 2. The number of rotatable bonds is 3. The normalized spacial score (nSPS) is 18.3. The van der Waals surface area contributed by atoms with Gasteiger partial charge in [0.15, 0.2) is 5.89 Å². The van der Waals surface area contributed by atoms with Crippen LogP contribution in [0.3, 0.4) is 0 Å². The number of hydrogen-bond donors (Lipinski definition) is 2. The third-order valence-electron chi connectivity index (χ3n) is 3.35. The summed E-state index contributed by atoms with van der Waals surface area (Å²) in [5.41, 5.74) is 0.121. The molecule has 1 aliphatic carbocycles. The number of carbonyl (C=O) groups excluding carboxylic acids is 1. The lowest BCUT2D eigenvalue weighted by Crippen LogP contribution is -2.49. The minimum Gasteiger partial charge on any atom is -0.436 e. The highest BCUT2D eigenvalue weighted by Gasteiger charge is 2.35. The Hall–Kier alpha value is -1.36. The summed E-state index contributed by atoms with van der Waals surface area (Å²) in [5, 5.41) is 12.3. The average molecular weight is 238 g/mol. The van der Waals surface area contributed by atoms with E-state index in [0.29, 0.717) is 11.6 Å². The van der Waals surface area contributed by atoms with E-state index in [-0.39, 0.29) is 18.3 Å². The number of aromatic nitrogens is 1. The largest absolute Gasteiger partial charge is 0.436 e. The summed E-state index contributed by atoms with van der Waals surface area (Å²) in [7, 11) is 0. The average Bonchev–Trinajstić information content (AvgIpc) is 2.86. The molecule has 17 heavy (non-hydrogen) atoms. The third kappa shape index (κ3) is 2.34. The van der Waals surface area contributed by atoms with E-state index in [4.69, 9.17) is 4.42 Å². The maximum absolute atomic E-state index is 12.0. The van der Waals surface area contributed by atoms with Gasteiger partial charge in [-0.25, -0.2) is 4.98 Å². The molecule has 1 fully saturated rings. The van der Waals surface area contributed by atoms with Crippen molar-refractivity contribution < 1.29 is 14.3 Å². The molecule has 5 heteroatoms. The molecular formula is C12H18N2O3. The van der Waals surface area contributed by atoms with E-state index in [1.54, 1.807) is 13.8 Å². The van der Waals surface area contributed by atoms with Crippen LogP contribution >= 0.6 is 0 Å². The van der Waals surface area contributed by atoms with Crippen molar-refractivity contribution in [3.63, 3.8) is 0 Å². The molecule has 1 aliphatic rings. The number of nitrogens with one attached hydrogen (secondary N) is 1. The summed E-state index contributed by atoms with van der Waals surface area (Å²) in [6.45, 7) is 3.43. The maximum atomic E-state index is 12.0. The van der Waals surface area contributed by atoms with Gasteiger partial charge < -0.3 is 14.8 Å². The molecule has 5 nitrogen and oxygen atoms in total. The van der Waals surface area contributed by atoms with Gasteiger partial charge in [-0.3, -0.25) is 4.79 Å². The molecule has 2 rings (SSSR count). The summed E-state index contributed by atoms with van der Waals surface area (Å²) in [5.74, 6) is 0.457. The number of oxazole rings is 1. The first-order valence-electron chi connectivity index (χ1n) is 5.94. The predicted molar refractivity (Wildman–Crippen MR) is 61.7 cm³/mol. The predicted octanol–water partition coefficient (Wildman–Crippen LogP) is 1.33. The number of nitrogens with zero attached hydrogens (tertiary/aromatic N) is 1. The van der Waals surface area contributed by atoms with Gasteiger partial charge in [-0.05, 0) is 19.8 Å². The van der Waals surface area contributed by atoms with Crippen molar-refractivity contribution in [3.05, 3.63) is 17.3 Å². The zero-order valence-corrected chi connectivity index (χ0v) is 10.2. The quantitative estimate of drug-likeness (QED) is 0.833. The second kappa shape index (κ2) is 4.49. The fraction of sp³-hybridized carbons (Fsp3) is 0.667. The topological polar surface area (TPSA) is 75.4 Å². The lowest BCUT2D eigenvalue weighted by atomic mass is 9.99. The van der Waals surface area contributed by atoms with Gasteiger partial charge in [0.2, 0.25) is 5.76 Å². The van der Waals surface area contributed by atoms with E-state index in [2.05, 4.69) is 10.3 Å². The Kier molecular flexibility index (Phi) is 3.19. The van der Waals surface area contributed by atoms with Gasteiger partial charge in [-0.15, -0.1) is 0 Å². The van der Waals surface area contributed by atoms with Crippen LogP contribution in [-0.4, -0.2) is 28.1 Å². The van der Waals surface area contributed by atoms with Crippen LogP contribution in [0.25, 0.3) is 0 Å². The minimum atomic E-state index is -0.468. The third-order valence-corrected chi connectivity index (χ3v) is 3.35. The molecule has 0 saturated heterocycles. The van der Waals surface area contributed by atoms with Crippen LogP contribution in [0.2, 0.25) is 0 Å². The Balaban J connectivity index is 2.13. The highest BCUT2D eigenvalue weighted by Crippen LogP contribution is 2.29. The van der Waals surface area contributed by atoms with E-state index >= 15 is 0 Å². The zero-order chi connectivity index (χ0) is 12.5. The zero-order valence-electron chi connectivity index (χ0n) is 10.2. The van der Waals surface area contributed by atoms with Gasteiger partial charge >= 0.3 is 0 Å². The van der Waals surface area contributed by atoms with Crippen LogP contribution in [0.15, 0.2) is 4.42 Å². The Morgan fingerprint density at radius 1 is 1.47 bits per heavy atom. The van der Waals surface area contributed by atoms with Crippen LogP contribution < -0.4 is 5.32 Å². The molecule has 0 bridgehead atoms. The van der Waals surface area contributed by atoms with Crippen molar-refractivity contribution in [1.29, 1.82) is 0 Å². The second-order valence-electron chi connectivity index (χ2n) is 4.75. The number of carbonyl (C=O) groups is 1. The van der Waals surface area contributed by atoms with E-state index in [1.165, 1.54) is 0 Å². The van der Waals surface area contributed by atoms with Gasteiger partial charge in [-0.1, -0.05) is 12.8 Å². The molecule has 1 amide bonds. The summed E-state index contributed by atoms with van der Waals surface area (Å²) in [6.07, 6.45) is 3.72. The lowest BCUT2D eigenvalue weighted by molar-refractivity contribution is 0.0808. The van der Waals surface area contributed by atoms with Crippen molar-refractivity contribution in [2.45, 2.75) is 45.1 Å². The maximum Gasteiger partial charge on any atom is 0.289 e. The van der Waals surface area contributed by atoms with E-state index in [9.17, 15) is 9.90 Å². The highest BCUT2D eigenvalue weighted by molar-refractivity contribution is 5.93. The van der Waals surface area contributed by atoms with E-state index < -0.39 is 5.54 Å². The fourth-order valence-corrected chi connectivity index (χ4v) is 2.41. The molecule has 0 aliphatic heterocycles. The molecule has 0 spiro atoms. The van der Waals surface area contributed by atoms with Gasteiger partial charge in [-0.2, -0.15) is 0 Å². The lowest BCUT2D eigenvalue weighted by Gasteiger charge is -2.27. The van der Waals surface area contributed by atoms with Crippen LogP contribution in [0, 0.1) is 13.8 Å². The van der Waals surface area contributed by atoms with Crippen molar-refractivity contribution in [2.24, 2.45) is 0 Å². The molecule has 1 aromatic rings. The summed E-state index contributed by atoms with van der Waals surface area (Å²) in [6, 6.07) is 0. The van der Waals surface area contributed by atoms with Gasteiger partial charge in [0.05, 0.1) is 17.8 Å². The Bertz CT molecular complexity index is 419. The molecule has 0 radical (unpaired) electrons. The monoisotopic (exact) mass is 238 g/mol. The van der Waals surface area contributed by atoms with Gasteiger partial charge in [0.1, 0.15) is 0 Å². The van der Waals surface area contributed by atoms with Crippen molar-refractivity contribution >= 4 is 5.91 Å². The van der Waals surface area contributed by atoms with Crippen molar-refractivity contribution in [2.75, 3.05) is 6.61 Å². The first kappa shape index (κ1) is 12.1. The number of hydrogen-bond acceptors (Lipinski definition) is 4. The second-order valence-corrected chi connectivity index (χ2v) is 4.75. The standard InChI is InChI=1S/C12H18N2O3/c1-8-10(17-9(2)13-8)11(16)14-12(7-15)5-3-4-6-12/h15H,3-7H2,1-2H3,(H,14,16). The minimum absolute atomic E-state index is 0.0229. The molecule has 1 saturated carbocycles. The van der Waals surface area contributed by atoms with E-state index in [1.807, 2.05) is 0 Å². The van der Waals surface area contributed by atoms with Crippen LogP contribution in [0.1, 0.15) is 47.8 Å². The molecule has 94 valence electrons.